The molecule has 28 heavy (non-hydrogen) atoms. The lowest BCUT2D eigenvalue weighted by Crippen LogP contribution is -1.90. The molecule has 0 radical (unpaired) electrons. The van der Waals surface area contributed by atoms with Crippen LogP contribution in [0.3, 0.4) is 0 Å². The molecule has 0 aliphatic rings. The van der Waals surface area contributed by atoms with Gasteiger partial charge >= 0.3 is 0 Å². The van der Waals surface area contributed by atoms with Gasteiger partial charge in [0.15, 0.2) is 0 Å². The van der Waals surface area contributed by atoms with Crippen LogP contribution in [0.4, 0.5) is 0 Å². The summed E-state index contributed by atoms with van der Waals surface area (Å²) in [6.07, 6.45) is 2.05. The van der Waals surface area contributed by atoms with E-state index in [-0.39, 0.29) is 0 Å². The van der Waals surface area contributed by atoms with Crippen molar-refractivity contribution in [2.75, 3.05) is 6.26 Å². The van der Waals surface area contributed by atoms with Gasteiger partial charge in [0, 0.05) is 16.0 Å². The molecule has 0 amide bonds. The third kappa shape index (κ3) is 4.43. The molecule has 2 aromatic heterocycles. The molecule has 0 N–H and O–H groups in total. The SMILES string of the molecule is CSc1ccc(-c2noc(CSc3ccc(-c4ccc(C)cc4)nn3)n2)cc1. The molecule has 5 nitrogen and oxygen atoms in total. The second-order valence-electron chi connectivity index (χ2n) is 6.15. The fourth-order valence-electron chi connectivity index (χ4n) is 2.58. The van der Waals surface area contributed by atoms with Gasteiger partial charge in [-0.1, -0.05) is 46.7 Å². The molecule has 0 saturated heterocycles. The van der Waals surface area contributed by atoms with Crippen molar-refractivity contribution in [3.05, 3.63) is 72.1 Å². The monoisotopic (exact) mass is 406 g/mol. The van der Waals surface area contributed by atoms with Crippen molar-refractivity contribution in [2.45, 2.75) is 22.6 Å². The van der Waals surface area contributed by atoms with E-state index in [4.69, 9.17) is 4.52 Å². The zero-order valence-electron chi connectivity index (χ0n) is 15.5. The number of benzene rings is 2. The molecule has 4 rings (SSSR count). The first-order valence-electron chi connectivity index (χ1n) is 8.72. The minimum absolute atomic E-state index is 0.550. The summed E-state index contributed by atoms with van der Waals surface area (Å²) in [4.78, 5) is 5.68. The van der Waals surface area contributed by atoms with Gasteiger partial charge in [-0.2, -0.15) is 4.98 Å². The van der Waals surface area contributed by atoms with Gasteiger partial charge in [0.05, 0.1) is 11.4 Å². The van der Waals surface area contributed by atoms with Crippen LogP contribution in [0.5, 0.6) is 0 Å². The van der Waals surface area contributed by atoms with Crippen molar-refractivity contribution in [1.29, 1.82) is 0 Å². The second kappa shape index (κ2) is 8.58. The number of aryl methyl sites for hydroxylation is 1. The van der Waals surface area contributed by atoms with E-state index in [1.807, 2.05) is 24.3 Å². The maximum absolute atomic E-state index is 5.37. The first-order valence-corrected chi connectivity index (χ1v) is 10.9. The number of hydrogen-bond acceptors (Lipinski definition) is 7. The Morgan fingerprint density at radius 1 is 0.857 bits per heavy atom. The van der Waals surface area contributed by atoms with E-state index >= 15 is 0 Å². The molecule has 2 aromatic carbocycles. The van der Waals surface area contributed by atoms with Crippen LogP contribution in [0, 0.1) is 6.92 Å². The van der Waals surface area contributed by atoms with Crippen LogP contribution >= 0.6 is 23.5 Å². The standard InChI is InChI=1S/C21H18N4OS2/c1-14-3-5-15(6-4-14)18-11-12-20(24-23-18)28-13-19-22-21(25-26-19)16-7-9-17(27-2)10-8-16/h3-12H,13H2,1-2H3. The van der Waals surface area contributed by atoms with Gasteiger partial charge in [0.2, 0.25) is 11.7 Å². The van der Waals surface area contributed by atoms with Crippen molar-refractivity contribution in [1.82, 2.24) is 20.3 Å². The highest BCUT2D eigenvalue weighted by Gasteiger charge is 2.10. The van der Waals surface area contributed by atoms with Crippen LogP contribution < -0.4 is 0 Å². The van der Waals surface area contributed by atoms with Crippen molar-refractivity contribution in [2.24, 2.45) is 0 Å². The lowest BCUT2D eigenvalue weighted by molar-refractivity contribution is 0.391. The van der Waals surface area contributed by atoms with E-state index in [1.165, 1.54) is 22.2 Å². The fraction of sp³-hybridized carbons (Fsp3) is 0.143. The minimum Gasteiger partial charge on any atom is -0.338 e. The van der Waals surface area contributed by atoms with Gasteiger partial charge in [-0.05, 0) is 49.6 Å². The zero-order chi connectivity index (χ0) is 19.3. The van der Waals surface area contributed by atoms with Crippen LogP contribution in [-0.2, 0) is 5.75 Å². The summed E-state index contributed by atoms with van der Waals surface area (Å²) < 4.78 is 5.37. The smallest absolute Gasteiger partial charge is 0.237 e. The Kier molecular flexibility index (Phi) is 5.73. The highest BCUT2D eigenvalue weighted by molar-refractivity contribution is 7.98. The number of rotatable bonds is 6. The summed E-state index contributed by atoms with van der Waals surface area (Å²) in [6, 6.07) is 20.3. The number of thioether (sulfide) groups is 2. The van der Waals surface area contributed by atoms with Crippen LogP contribution in [-0.4, -0.2) is 26.6 Å². The van der Waals surface area contributed by atoms with Gasteiger partial charge in [0.25, 0.3) is 0 Å². The van der Waals surface area contributed by atoms with Crippen molar-refractivity contribution in [3.8, 4) is 22.6 Å². The highest BCUT2D eigenvalue weighted by atomic mass is 32.2. The van der Waals surface area contributed by atoms with Gasteiger partial charge in [0.1, 0.15) is 5.03 Å². The summed E-state index contributed by atoms with van der Waals surface area (Å²) in [5.74, 6) is 1.72. The highest BCUT2D eigenvalue weighted by Crippen LogP contribution is 2.25. The molecule has 2 heterocycles. The molecule has 0 atom stereocenters. The lowest BCUT2D eigenvalue weighted by Gasteiger charge is -2.02. The maximum Gasteiger partial charge on any atom is 0.237 e. The Balaban J connectivity index is 1.39. The Morgan fingerprint density at radius 3 is 2.29 bits per heavy atom. The van der Waals surface area contributed by atoms with E-state index in [9.17, 15) is 0 Å². The molecule has 4 aromatic rings. The van der Waals surface area contributed by atoms with Gasteiger partial charge < -0.3 is 4.52 Å². The third-order valence-electron chi connectivity index (χ3n) is 4.15. The third-order valence-corrected chi connectivity index (χ3v) is 5.80. The Morgan fingerprint density at radius 2 is 1.61 bits per heavy atom. The maximum atomic E-state index is 5.37. The van der Waals surface area contributed by atoms with Gasteiger partial charge in [-0.25, -0.2) is 0 Å². The number of aromatic nitrogens is 4. The first kappa shape index (κ1) is 18.7. The predicted molar refractivity (Wildman–Crippen MR) is 113 cm³/mol. The fourth-order valence-corrected chi connectivity index (χ4v) is 3.64. The van der Waals surface area contributed by atoms with E-state index in [1.54, 1.807) is 11.8 Å². The van der Waals surface area contributed by atoms with Gasteiger partial charge in [-0.3, -0.25) is 0 Å². The Hall–Kier alpha value is -2.64. The molecule has 140 valence electrons. The molecule has 0 spiro atoms. The van der Waals surface area contributed by atoms with Crippen molar-refractivity contribution in [3.63, 3.8) is 0 Å². The first-order chi connectivity index (χ1) is 13.7. The number of nitrogens with zero attached hydrogens (tertiary/aromatic N) is 4. The van der Waals surface area contributed by atoms with Crippen molar-refractivity contribution < 1.29 is 4.52 Å². The Bertz CT molecular complexity index is 1050. The topological polar surface area (TPSA) is 64.7 Å². The summed E-state index contributed by atoms with van der Waals surface area (Å²) in [7, 11) is 0. The van der Waals surface area contributed by atoms with Crippen LogP contribution in [0.15, 0.2) is 75.1 Å². The second-order valence-corrected chi connectivity index (χ2v) is 8.03. The zero-order valence-corrected chi connectivity index (χ0v) is 17.1. The average Bonchev–Trinajstić information content (AvgIpc) is 3.22. The molecule has 0 aliphatic carbocycles. The largest absolute Gasteiger partial charge is 0.338 e. The molecule has 0 saturated carbocycles. The molecule has 0 fully saturated rings. The van der Waals surface area contributed by atoms with Crippen LogP contribution in [0.25, 0.3) is 22.6 Å². The lowest BCUT2D eigenvalue weighted by atomic mass is 10.1. The molecule has 0 aliphatic heterocycles. The molecular formula is C21H18N4OS2. The van der Waals surface area contributed by atoms with E-state index < -0.39 is 0 Å². The van der Waals surface area contributed by atoms with E-state index in [0.717, 1.165) is 21.8 Å². The van der Waals surface area contributed by atoms with Crippen LogP contribution in [0.2, 0.25) is 0 Å². The predicted octanol–water partition coefficient (Wildman–Crippen LogP) is 5.52. The molecule has 7 heteroatoms. The summed E-state index contributed by atoms with van der Waals surface area (Å²) in [5, 5.41) is 13.5. The quantitative estimate of drug-likeness (QED) is 0.391. The summed E-state index contributed by atoms with van der Waals surface area (Å²) in [5.41, 5.74) is 4.09. The van der Waals surface area contributed by atoms with E-state index in [0.29, 0.717) is 17.5 Å². The Labute approximate surface area is 172 Å². The van der Waals surface area contributed by atoms with Gasteiger partial charge in [-0.15, -0.1) is 22.0 Å². The average molecular weight is 407 g/mol. The van der Waals surface area contributed by atoms with Crippen LogP contribution in [0.1, 0.15) is 11.5 Å². The molecular weight excluding hydrogens is 388 g/mol. The van der Waals surface area contributed by atoms with E-state index in [2.05, 4.69) is 69.9 Å². The summed E-state index contributed by atoms with van der Waals surface area (Å²) >= 11 is 3.22. The number of hydrogen-bond donors (Lipinski definition) is 0. The molecule has 0 unspecified atom stereocenters. The van der Waals surface area contributed by atoms with Crippen molar-refractivity contribution >= 4 is 23.5 Å². The normalized spacial score (nSPS) is 10.9. The molecule has 0 bridgehead atoms. The summed E-state index contributed by atoms with van der Waals surface area (Å²) in [6.45, 7) is 2.07. The minimum atomic E-state index is 0.550.